The molecule has 0 unspecified atom stereocenters. The van der Waals surface area contributed by atoms with Crippen LogP contribution in [0, 0.1) is 5.41 Å². The molecule has 1 spiro atoms. The number of aromatic amines is 2. The summed E-state index contributed by atoms with van der Waals surface area (Å²) in [5, 5.41) is 8.42. The van der Waals surface area contributed by atoms with Gasteiger partial charge in [-0.1, -0.05) is 48.5 Å². The van der Waals surface area contributed by atoms with Crippen molar-refractivity contribution in [2.75, 3.05) is 31.2 Å². The minimum absolute atomic E-state index is 0.0638. The predicted molar refractivity (Wildman–Crippen MR) is 155 cm³/mol. The molecule has 2 aromatic heterocycles. The van der Waals surface area contributed by atoms with Crippen LogP contribution < -0.4 is 16.2 Å². The number of H-pyrrole nitrogens is 2. The number of benzene rings is 2. The van der Waals surface area contributed by atoms with Crippen molar-refractivity contribution in [1.29, 1.82) is 0 Å². The summed E-state index contributed by atoms with van der Waals surface area (Å²) in [4.78, 5) is 23.8. The van der Waals surface area contributed by atoms with Gasteiger partial charge in [-0.05, 0) is 78.5 Å². The van der Waals surface area contributed by atoms with E-state index in [-0.39, 0.29) is 22.4 Å². The molecule has 3 fully saturated rings. The Labute approximate surface area is 233 Å². The summed E-state index contributed by atoms with van der Waals surface area (Å²) in [6.07, 6.45) is 7.10. The Kier molecular flexibility index (Phi) is 5.48. The van der Waals surface area contributed by atoms with Gasteiger partial charge in [0.1, 0.15) is 5.39 Å². The van der Waals surface area contributed by atoms with Crippen molar-refractivity contribution < 1.29 is 4.74 Å². The summed E-state index contributed by atoms with van der Waals surface area (Å²) in [5.41, 5.74) is 13.3. The maximum Gasteiger partial charge on any atom is 0.263 e. The van der Waals surface area contributed by atoms with Gasteiger partial charge in [-0.25, -0.2) is 0 Å². The second-order valence-corrected chi connectivity index (χ2v) is 12.5. The number of ether oxygens (including phenoxy) is 1. The number of aromatic nitrogens is 4. The highest BCUT2D eigenvalue weighted by atomic mass is 16.5. The van der Waals surface area contributed by atoms with E-state index >= 15 is 0 Å². The summed E-state index contributed by atoms with van der Waals surface area (Å²) >= 11 is 0. The van der Waals surface area contributed by atoms with Crippen LogP contribution in [0.1, 0.15) is 78.4 Å². The zero-order valence-corrected chi connectivity index (χ0v) is 22.8. The van der Waals surface area contributed by atoms with Crippen molar-refractivity contribution >= 4 is 17.0 Å². The fourth-order valence-electron chi connectivity index (χ4n) is 7.82. The zero-order chi connectivity index (χ0) is 26.9. The molecular formula is C32H36N6O2. The van der Waals surface area contributed by atoms with Crippen LogP contribution in [0.4, 0.5) is 5.95 Å². The van der Waals surface area contributed by atoms with Crippen LogP contribution in [0.5, 0.6) is 0 Å². The first-order valence-corrected chi connectivity index (χ1v) is 14.8. The fourth-order valence-corrected chi connectivity index (χ4v) is 7.82. The molecule has 1 atom stereocenters. The molecule has 4 heterocycles. The molecule has 8 heteroatoms. The molecule has 0 amide bonds. The van der Waals surface area contributed by atoms with Crippen molar-refractivity contribution in [3.05, 3.63) is 86.8 Å². The average molecular weight is 537 g/mol. The number of hydrogen-bond acceptors (Lipinski definition) is 6. The Hall–Kier alpha value is -3.49. The molecule has 2 saturated heterocycles. The van der Waals surface area contributed by atoms with E-state index < -0.39 is 0 Å². The Morgan fingerprint density at radius 3 is 2.58 bits per heavy atom. The number of rotatable bonds is 4. The monoisotopic (exact) mass is 536 g/mol. The van der Waals surface area contributed by atoms with Gasteiger partial charge in [0.15, 0.2) is 5.65 Å². The van der Waals surface area contributed by atoms with Gasteiger partial charge in [-0.2, -0.15) is 10.1 Å². The third-order valence-corrected chi connectivity index (χ3v) is 10.4. The molecular weight excluding hydrogens is 500 g/mol. The zero-order valence-electron chi connectivity index (χ0n) is 22.8. The van der Waals surface area contributed by atoms with E-state index in [1.165, 1.54) is 22.3 Å². The highest BCUT2D eigenvalue weighted by molar-refractivity contribution is 5.80. The Balaban J connectivity index is 1.06. The van der Waals surface area contributed by atoms with E-state index in [2.05, 4.69) is 68.6 Å². The van der Waals surface area contributed by atoms with Crippen molar-refractivity contribution in [3.63, 3.8) is 0 Å². The third-order valence-electron chi connectivity index (χ3n) is 10.4. The standard InChI is InChI=1S/C32H36N6O2/c33-26-24-7-2-1-4-22(24)19-31(26)12-14-38(15-13-31)30-34-28-25(29(39)35-30)27(36-37-28)32(10-11-32)23-6-3-5-21(18-23)20-8-16-40-17-9-20/h1-7,18,20,26H,8-17,19,33H2,(H2,34,35,36,37,39)/t26-/m1/s1. The van der Waals surface area contributed by atoms with Crippen molar-refractivity contribution in [3.8, 4) is 0 Å². The van der Waals surface area contributed by atoms with E-state index in [4.69, 9.17) is 15.5 Å². The Morgan fingerprint density at radius 1 is 1.00 bits per heavy atom. The number of fused-ring (bicyclic) bond motifs is 2. The lowest BCUT2D eigenvalue weighted by atomic mass is 9.73. The second-order valence-electron chi connectivity index (χ2n) is 12.5. The highest BCUT2D eigenvalue weighted by Crippen LogP contribution is 2.55. The smallest absolute Gasteiger partial charge is 0.263 e. The van der Waals surface area contributed by atoms with E-state index in [1.807, 2.05) is 0 Å². The van der Waals surface area contributed by atoms with Crippen LogP contribution in [-0.4, -0.2) is 46.5 Å². The van der Waals surface area contributed by atoms with Gasteiger partial charge in [0.2, 0.25) is 5.95 Å². The average Bonchev–Trinajstić information content (AvgIpc) is 3.62. The van der Waals surface area contributed by atoms with Gasteiger partial charge in [-0.3, -0.25) is 14.9 Å². The molecule has 4 N–H and O–H groups in total. The van der Waals surface area contributed by atoms with E-state index in [0.29, 0.717) is 22.9 Å². The molecule has 0 bridgehead atoms. The third kappa shape index (κ3) is 3.69. The van der Waals surface area contributed by atoms with Crippen LogP contribution in [0.25, 0.3) is 11.0 Å². The van der Waals surface area contributed by atoms with Crippen LogP contribution >= 0.6 is 0 Å². The van der Waals surface area contributed by atoms with E-state index in [9.17, 15) is 4.79 Å². The predicted octanol–water partition coefficient (Wildman–Crippen LogP) is 4.46. The number of anilines is 1. The topological polar surface area (TPSA) is 113 Å². The molecule has 4 aromatic rings. The molecule has 8 nitrogen and oxygen atoms in total. The van der Waals surface area contributed by atoms with Gasteiger partial charge < -0.3 is 15.4 Å². The van der Waals surface area contributed by atoms with Crippen molar-refractivity contribution in [1.82, 2.24) is 20.2 Å². The largest absolute Gasteiger partial charge is 0.381 e. The Bertz CT molecular complexity index is 1640. The fraction of sp³-hybridized carbons (Fsp3) is 0.469. The van der Waals surface area contributed by atoms with Crippen LogP contribution in [0.15, 0.2) is 53.3 Å². The van der Waals surface area contributed by atoms with Crippen LogP contribution in [0.3, 0.4) is 0 Å². The number of nitrogens with zero attached hydrogens (tertiary/aromatic N) is 3. The van der Waals surface area contributed by atoms with Crippen molar-refractivity contribution in [2.24, 2.45) is 11.1 Å². The van der Waals surface area contributed by atoms with E-state index in [1.54, 1.807) is 0 Å². The number of hydrogen-bond donors (Lipinski definition) is 3. The number of nitrogens with one attached hydrogen (secondary N) is 2. The SMILES string of the molecule is N[C@@H]1c2ccccc2CC12CCN(c1nc3n[nH]c(C4(c5cccc(C6CCOCC6)c5)CC4)c3c(=O)[nH]1)CC2. The van der Waals surface area contributed by atoms with Crippen LogP contribution in [0.2, 0.25) is 0 Å². The number of nitrogens with two attached hydrogens (primary N) is 1. The van der Waals surface area contributed by atoms with Gasteiger partial charge in [0.05, 0.1) is 5.69 Å². The maximum absolute atomic E-state index is 13.6. The Morgan fingerprint density at radius 2 is 1.80 bits per heavy atom. The molecule has 1 saturated carbocycles. The maximum atomic E-state index is 13.6. The van der Waals surface area contributed by atoms with Crippen molar-refractivity contribution in [2.45, 2.75) is 62.3 Å². The molecule has 40 heavy (non-hydrogen) atoms. The summed E-state index contributed by atoms with van der Waals surface area (Å²) in [6.45, 7) is 3.28. The molecule has 4 aliphatic rings. The summed E-state index contributed by atoms with van der Waals surface area (Å²) < 4.78 is 5.58. The molecule has 2 aliphatic carbocycles. The lowest BCUT2D eigenvalue weighted by Crippen LogP contribution is -2.45. The molecule has 0 radical (unpaired) electrons. The van der Waals surface area contributed by atoms with Crippen LogP contribution in [-0.2, 0) is 16.6 Å². The molecule has 2 aromatic carbocycles. The van der Waals surface area contributed by atoms with Gasteiger partial charge in [-0.15, -0.1) is 0 Å². The van der Waals surface area contributed by atoms with Gasteiger partial charge in [0, 0.05) is 37.8 Å². The number of piperidine rings is 1. The quantitative estimate of drug-likeness (QED) is 0.355. The van der Waals surface area contributed by atoms with Gasteiger partial charge >= 0.3 is 0 Å². The minimum atomic E-state index is -0.197. The summed E-state index contributed by atoms with van der Waals surface area (Å²) in [7, 11) is 0. The lowest BCUT2D eigenvalue weighted by Gasteiger charge is -2.42. The molecule has 2 aliphatic heterocycles. The second kappa shape index (κ2) is 9.01. The normalized spacial score (nSPS) is 23.5. The highest BCUT2D eigenvalue weighted by Gasteiger charge is 2.49. The summed E-state index contributed by atoms with van der Waals surface area (Å²) in [6, 6.07) is 17.6. The molecule has 8 rings (SSSR count). The summed E-state index contributed by atoms with van der Waals surface area (Å²) in [5.74, 6) is 1.15. The first-order valence-electron chi connectivity index (χ1n) is 14.8. The molecule has 206 valence electrons. The first-order chi connectivity index (χ1) is 19.6. The van der Waals surface area contributed by atoms with Gasteiger partial charge in [0.25, 0.3) is 5.56 Å². The minimum Gasteiger partial charge on any atom is -0.381 e. The first kappa shape index (κ1) is 24.3. The lowest BCUT2D eigenvalue weighted by molar-refractivity contribution is 0.0853. The van der Waals surface area contributed by atoms with E-state index in [0.717, 1.165) is 76.9 Å².